The second-order valence-electron chi connectivity index (χ2n) is 4.87. The van der Waals surface area contributed by atoms with Crippen molar-refractivity contribution in [3.05, 3.63) is 12.0 Å². The van der Waals surface area contributed by atoms with Crippen LogP contribution in [0.4, 0.5) is 10.6 Å². The average Bonchev–Trinajstić information content (AvgIpc) is 2.96. The molecule has 3 heterocycles. The van der Waals surface area contributed by atoms with Gasteiger partial charge in [0.15, 0.2) is 11.5 Å². The Morgan fingerprint density at radius 3 is 2.75 bits per heavy atom. The number of aromatic nitrogens is 4. The van der Waals surface area contributed by atoms with Gasteiger partial charge in [-0.05, 0) is 0 Å². The molecule has 1 aliphatic heterocycles. The molecule has 0 radical (unpaired) electrons. The van der Waals surface area contributed by atoms with Crippen LogP contribution in [0.1, 0.15) is 5.82 Å². The molecule has 0 unspecified atom stereocenters. The molecule has 20 heavy (non-hydrogen) atoms. The molecular formula is C12H17N7O. The lowest BCUT2D eigenvalue weighted by atomic mass is 10.3. The van der Waals surface area contributed by atoms with Crippen LogP contribution >= 0.6 is 0 Å². The average molecular weight is 275 g/mol. The Morgan fingerprint density at radius 1 is 1.30 bits per heavy atom. The summed E-state index contributed by atoms with van der Waals surface area (Å²) in [5.74, 6) is 1.35. The van der Waals surface area contributed by atoms with Gasteiger partial charge in [0, 0.05) is 34.2 Å². The van der Waals surface area contributed by atoms with Gasteiger partial charge in [-0.15, -0.1) is 0 Å². The highest BCUT2D eigenvalue weighted by Gasteiger charge is 2.26. The summed E-state index contributed by atoms with van der Waals surface area (Å²) in [6.07, 6.45) is 1.74. The first-order valence-electron chi connectivity index (χ1n) is 6.46. The molecule has 0 saturated carbocycles. The number of rotatable bonds is 3. The molecule has 8 nitrogen and oxygen atoms in total. The van der Waals surface area contributed by atoms with E-state index < -0.39 is 0 Å². The minimum absolute atomic E-state index is 0.0183. The van der Waals surface area contributed by atoms with E-state index in [9.17, 15) is 4.79 Å². The van der Waals surface area contributed by atoms with E-state index in [0.29, 0.717) is 18.9 Å². The number of nitrogens with zero attached hydrogens (tertiary/aromatic N) is 6. The van der Waals surface area contributed by atoms with Crippen molar-refractivity contribution in [2.24, 2.45) is 7.05 Å². The van der Waals surface area contributed by atoms with Crippen LogP contribution in [0.2, 0.25) is 0 Å². The van der Waals surface area contributed by atoms with Gasteiger partial charge in [0.1, 0.15) is 5.82 Å². The molecule has 0 aliphatic carbocycles. The minimum atomic E-state index is 0.0183. The predicted molar refractivity (Wildman–Crippen MR) is 74.3 cm³/mol. The quantitative estimate of drug-likeness (QED) is 0.870. The van der Waals surface area contributed by atoms with Crippen LogP contribution in [-0.2, 0) is 13.6 Å². The Morgan fingerprint density at radius 2 is 2.10 bits per heavy atom. The highest BCUT2D eigenvalue weighted by molar-refractivity contribution is 5.86. The van der Waals surface area contributed by atoms with Crippen molar-refractivity contribution >= 4 is 22.9 Å². The lowest BCUT2D eigenvalue weighted by Crippen LogP contribution is -2.29. The summed E-state index contributed by atoms with van der Waals surface area (Å²) in [6, 6.07) is 0.0183. The van der Waals surface area contributed by atoms with E-state index >= 15 is 0 Å². The monoisotopic (exact) mass is 275 g/mol. The molecule has 0 aromatic carbocycles. The van der Waals surface area contributed by atoms with Crippen LogP contribution in [0.5, 0.6) is 0 Å². The summed E-state index contributed by atoms with van der Waals surface area (Å²) in [5.41, 5.74) is 0.763. The second kappa shape index (κ2) is 4.62. The van der Waals surface area contributed by atoms with E-state index in [1.54, 1.807) is 27.7 Å². The first kappa shape index (κ1) is 12.6. The van der Waals surface area contributed by atoms with Crippen LogP contribution < -0.4 is 5.32 Å². The van der Waals surface area contributed by atoms with Gasteiger partial charge in [-0.3, -0.25) is 4.68 Å². The summed E-state index contributed by atoms with van der Waals surface area (Å²) < 4.78 is 1.71. The zero-order valence-electron chi connectivity index (χ0n) is 11.8. The zero-order valence-corrected chi connectivity index (χ0v) is 11.8. The van der Waals surface area contributed by atoms with Crippen molar-refractivity contribution in [2.75, 3.05) is 32.5 Å². The third-order valence-corrected chi connectivity index (χ3v) is 3.51. The van der Waals surface area contributed by atoms with Gasteiger partial charge in [-0.1, -0.05) is 0 Å². The van der Waals surface area contributed by atoms with Gasteiger partial charge in [0.2, 0.25) is 0 Å². The third kappa shape index (κ3) is 1.93. The molecule has 106 valence electrons. The predicted octanol–water partition coefficient (Wildman–Crippen LogP) is 0.272. The maximum atomic E-state index is 11.9. The number of nitrogens with one attached hydrogen (secondary N) is 1. The molecule has 8 heteroatoms. The lowest BCUT2D eigenvalue weighted by Gasteiger charge is -2.15. The summed E-state index contributed by atoms with van der Waals surface area (Å²) >= 11 is 0. The van der Waals surface area contributed by atoms with Crippen LogP contribution in [-0.4, -0.2) is 62.8 Å². The summed E-state index contributed by atoms with van der Waals surface area (Å²) in [7, 11) is 5.45. The fourth-order valence-electron chi connectivity index (χ4n) is 2.35. The van der Waals surface area contributed by atoms with E-state index in [4.69, 9.17) is 0 Å². The Hall–Kier alpha value is -2.38. The number of carbonyl (C=O) groups excluding carboxylic acids is 1. The van der Waals surface area contributed by atoms with Gasteiger partial charge >= 0.3 is 6.03 Å². The summed E-state index contributed by atoms with van der Waals surface area (Å²) in [5, 5.41) is 8.12. The van der Waals surface area contributed by atoms with Crippen LogP contribution in [0, 0.1) is 0 Å². The number of fused-ring (bicyclic) bond motifs is 1. The SMILES string of the molecule is CNc1nc(CN2CCN(C)C2=O)nc2c1cnn2C. The van der Waals surface area contributed by atoms with Gasteiger partial charge in [-0.25, -0.2) is 14.8 Å². The standard InChI is InChI=1S/C12H17N7O/c1-13-10-8-6-14-18(3)11(8)16-9(15-10)7-19-5-4-17(2)12(19)20/h6H,4-5,7H2,1-3H3,(H,13,15,16). The number of amides is 2. The third-order valence-electron chi connectivity index (χ3n) is 3.51. The van der Waals surface area contributed by atoms with Gasteiger partial charge in [0.25, 0.3) is 0 Å². The van der Waals surface area contributed by atoms with Crippen LogP contribution in [0.25, 0.3) is 11.0 Å². The van der Waals surface area contributed by atoms with Crippen molar-refractivity contribution in [1.82, 2.24) is 29.5 Å². The molecule has 1 aliphatic rings. The molecular weight excluding hydrogens is 258 g/mol. The van der Waals surface area contributed by atoms with E-state index in [0.717, 1.165) is 23.4 Å². The van der Waals surface area contributed by atoms with Crippen molar-refractivity contribution < 1.29 is 4.79 Å². The first-order valence-corrected chi connectivity index (χ1v) is 6.46. The molecule has 2 amide bonds. The molecule has 3 rings (SSSR count). The van der Waals surface area contributed by atoms with Gasteiger partial charge in [-0.2, -0.15) is 5.10 Å². The van der Waals surface area contributed by atoms with E-state index in [1.165, 1.54) is 0 Å². The van der Waals surface area contributed by atoms with Crippen molar-refractivity contribution in [2.45, 2.75) is 6.54 Å². The molecule has 0 spiro atoms. The molecule has 2 aromatic heterocycles. The number of carbonyl (C=O) groups is 1. The number of hydrogen-bond acceptors (Lipinski definition) is 5. The normalized spacial score (nSPS) is 15.4. The highest BCUT2D eigenvalue weighted by atomic mass is 16.2. The molecule has 0 bridgehead atoms. The maximum absolute atomic E-state index is 11.9. The molecule has 1 fully saturated rings. The topological polar surface area (TPSA) is 79.2 Å². The van der Waals surface area contributed by atoms with E-state index in [1.807, 2.05) is 14.1 Å². The minimum Gasteiger partial charge on any atom is -0.372 e. The molecule has 2 aromatic rings. The Labute approximate surface area is 116 Å². The zero-order chi connectivity index (χ0) is 14.3. The summed E-state index contributed by atoms with van der Waals surface area (Å²) in [4.78, 5) is 24.3. The maximum Gasteiger partial charge on any atom is 0.320 e. The largest absolute Gasteiger partial charge is 0.372 e. The van der Waals surface area contributed by atoms with Crippen molar-refractivity contribution in [3.63, 3.8) is 0 Å². The van der Waals surface area contributed by atoms with E-state index in [2.05, 4.69) is 20.4 Å². The van der Waals surface area contributed by atoms with Gasteiger partial charge < -0.3 is 15.1 Å². The highest BCUT2D eigenvalue weighted by Crippen LogP contribution is 2.20. The number of urea groups is 1. The smallest absolute Gasteiger partial charge is 0.320 e. The van der Waals surface area contributed by atoms with Crippen LogP contribution in [0.3, 0.4) is 0 Å². The first-order chi connectivity index (χ1) is 9.60. The molecule has 1 saturated heterocycles. The lowest BCUT2D eigenvalue weighted by molar-refractivity contribution is 0.196. The Balaban J connectivity index is 1.95. The Bertz CT molecular complexity index is 665. The molecule has 0 atom stereocenters. The number of anilines is 1. The Kier molecular flexibility index (Phi) is 2.92. The molecule has 1 N–H and O–H groups in total. The van der Waals surface area contributed by atoms with Crippen molar-refractivity contribution in [3.8, 4) is 0 Å². The van der Waals surface area contributed by atoms with E-state index in [-0.39, 0.29) is 6.03 Å². The van der Waals surface area contributed by atoms with Crippen LogP contribution in [0.15, 0.2) is 6.20 Å². The number of likely N-dealkylation sites (N-methyl/N-ethyl adjacent to an activating group) is 1. The summed E-state index contributed by atoms with van der Waals surface area (Å²) in [6.45, 7) is 1.86. The fraction of sp³-hybridized carbons (Fsp3) is 0.500. The fourth-order valence-corrected chi connectivity index (χ4v) is 2.35. The van der Waals surface area contributed by atoms with Gasteiger partial charge in [0.05, 0.1) is 18.1 Å². The number of hydrogen-bond donors (Lipinski definition) is 1. The second-order valence-corrected chi connectivity index (χ2v) is 4.87. The van der Waals surface area contributed by atoms with Crippen molar-refractivity contribution in [1.29, 1.82) is 0 Å². The number of aryl methyl sites for hydroxylation is 1.